The van der Waals surface area contributed by atoms with Gasteiger partial charge in [0.2, 0.25) is 0 Å². The third-order valence-electron chi connectivity index (χ3n) is 4.11. The van der Waals surface area contributed by atoms with E-state index >= 15 is 0 Å². The van der Waals surface area contributed by atoms with E-state index in [9.17, 15) is 4.79 Å². The van der Waals surface area contributed by atoms with Gasteiger partial charge in [-0.3, -0.25) is 0 Å². The Bertz CT molecular complexity index is 296. The summed E-state index contributed by atoms with van der Waals surface area (Å²) in [6, 6.07) is 0. The van der Waals surface area contributed by atoms with Gasteiger partial charge in [0.15, 0.2) is 0 Å². The van der Waals surface area contributed by atoms with Crippen LogP contribution in [0.15, 0.2) is 11.1 Å². The summed E-state index contributed by atoms with van der Waals surface area (Å²) in [5.41, 5.74) is 2.49. The highest BCUT2D eigenvalue weighted by Gasteiger charge is 2.43. The molecular weight excluding hydrogens is 188 g/mol. The largest absolute Gasteiger partial charge is 0.466 e. The van der Waals surface area contributed by atoms with Crippen molar-refractivity contribution in [1.82, 2.24) is 0 Å². The lowest BCUT2D eigenvalue weighted by Gasteiger charge is -2.35. The molecule has 2 rings (SSSR count). The Hall–Kier alpha value is -0.790. The van der Waals surface area contributed by atoms with Gasteiger partial charge in [0.05, 0.1) is 7.11 Å². The summed E-state index contributed by atoms with van der Waals surface area (Å²) < 4.78 is 4.95. The maximum Gasteiger partial charge on any atom is 0.334 e. The van der Waals surface area contributed by atoms with Gasteiger partial charge in [-0.2, -0.15) is 0 Å². The smallest absolute Gasteiger partial charge is 0.334 e. The van der Waals surface area contributed by atoms with Gasteiger partial charge in [-0.05, 0) is 39.0 Å². The van der Waals surface area contributed by atoms with E-state index in [1.54, 1.807) is 0 Å². The van der Waals surface area contributed by atoms with Gasteiger partial charge in [-0.1, -0.05) is 18.4 Å². The predicted molar refractivity (Wildman–Crippen MR) is 59.5 cm³/mol. The fourth-order valence-corrected chi connectivity index (χ4v) is 3.44. The van der Waals surface area contributed by atoms with Crippen molar-refractivity contribution in [2.75, 3.05) is 7.11 Å². The Morgan fingerprint density at radius 3 is 2.40 bits per heavy atom. The fraction of sp³-hybridized carbons (Fsp3) is 0.769. The average Bonchev–Trinajstić information content (AvgIpc) is 2.66. The lowest BCUT2D eigenvalue weighted by atomic mass is 9.69. The number of rotatable bonds is 1. The van der Waals surface area contributed by atoms with Crippen LogP contribution in [0.25, 0.3) is 0 Å². The number of esters is 1. The monoisotopic (exact) mass is 208 g/mol. The first-order valence-electron chi connectivity index (χ1n) is 5.98. The highest BCUT2D eigenvalue weighted by atomic mass is 16.5. The van der Waals surface area contributed by atoms with Gasteiger partial charge < -0.3 is 4.74 Å². The summed E-state index contributed by atoms with van der Waals surface area (Å²) in [4.78, 5) is 11.9. The quantitative estimate of drug-likeness (QED) is 0.618. The molecule has 1 fully saturated rings. The normalized spacial score (nSPS) is 24.7. The van der Waals surface area contributed by atoms with Gasteiger partial charge in [-0.15, -0.1) is 0 Å². The van der Waals surface area contributed by atoms with Crippen LogP contribution in [0.5, 0.6) is 0 Å². The Balaban J connectivity index is 2.37. The van der Waals surface area contributed by atoms with Gasteiger partial charge in [-0.25, -0.2) is 4.79 Å². The summed E-state index contributed by atoms with van der Waals surface area (Å²) in [7, 11) is 1.50. The summed E-state index contributed by atoms with van der Waals surface area (Å²) in [6.07, 6.45) is 8.43. The minimum absolute atomic E-state index is 0.0749. The van der Waals surface area contributed by atoms with Crippen LogP contribution in [0, 0.1) is 5.41 Å². The molecule has 0 bridgehead atoms. The highest BCUT2D eigenvalue weighted by molar-refractivity contribution is 5.91. The molecule has 1 spiro atoms. The van der Waals surface area contributed by atoms with Crippen LogP contribution in [-0.4, -0.2) is 13.1 Å². The van der Waals surface area contributed by atoms with Crippen molar-refractivity contribution in [2.24, 2.45) is 5.41 Å². The second-order valence-electron chi connectivity index (χ2n) is 4.99. The Kier molecular flexibility index (Phi) is 2.85. The first kappa shape index (κ1) is 10.7. The molecule has 0 amide bonds. The SMILES string of the molecule is COC(=O)C1=C(C)CCCC12CCCC2. The molecule has 2 heteroatoms. The molecule has 1 saturated carbocycles. The standard InChI is InChI=1S/C13H20O2/c1-10-6-5-9-13(7-3-4-8-13)11(10)12(14)15-2/h3-9H2,1-2H3. The molecule has 0 saturated heterocycles. The molecule has 15 heavy (non-hydrogen) atoms. The molecule has 2 nitrogen and oxygen atoms in total. The second-order valence-corrected chi connectivity index (χ2v) is 4.99. The number of carbonyl (C=O) groups is 1. The van der Waals surface area contributed by atoms with Crippen LogP contribution in [-0.2, 0) is 9.53 Å². The van der Waals surface area contributed by atoms with Crippen LogP contribution in [0.2, 0.25) is 0 Å². The lowest BCUT2D eigenvalue weighted by molar-refractivity contribution is -0.137. The zero-order chi connectivity index (χ0) is 10.9. The minimum Gasteiger partial charge on any atom is -0.466 e. The summed E-state index contributed by atoms with van der Waals surface area (Å²) >= 11 is 0. The molecule has 2 aliphatic rings. The molecule has 0 atom stereocenters. The third kappa shape index (κ3) is 1.70. The van der Waals surface area contributed by atoms with E-state index in [-0.39, 0.29) is 11.4 Å². The van der Waals surface area contributed by atoms with E-state index in [2.05, 4.69) is 6.92 Å². The minimum atomic E-state index is -0.0749. The van der Waals surface area contributed by atoms with Crippen LogP contribution >= 0.6 is 0 Å². The summed E-state index contributed by atoms with van der Waals surface area (Å²) in [5.74, 6) is -0.0749. The van der Waals surface area contributed by atoms with E-state index < -0.39 is 0 Å². The first-order valence-corrected chi connectivity index (χ1v) is 5.98. The summed E-state index contributed by atoms with van der Waals surface area (Å²) in [6.45, 7) is 2.10. The average molecular weight is 208 g/mol. The number of hydrogen-bond donors (Lipinski definition) is 0. The molecule has 0 aromatic carbocycles. The molecule has 0 aliphatic heterocycles. The van der Waals surface area contributed by atoms with Gasteiger partial charge in [0.1, 0.15) is 0 Å². The molecule has 0 radical (unpaired) electrons. The number of carbonyl (C=O) groups excluding carboxylic acids is 1. The Morgan fingerprint density at radius 1 is 1.20 bits per heavy atom. The van der Waals surface area contributed by atoms with E-state index in [0.717, 1.165) is 12.0 Å². The topological polar surface area (TPSA) is 26.3 Å². The predicted octanol–water partition coefficient (Wildman–Crippen LogP) is 3.22. The third-order valence-corrected chi connectivity index (χ3v) is 4.11. The Morgan fingerprint density at radius 2 is 1.80 bits per heavy atom. The summed E-state index contributed by atoms with van der Waals surface area (Å²) in [5, 5.41) is 0. The van der Waals surface area contributed by atoms with Crippen LogP contribution in [0.3, 0.4) is 0 Å². The molecular formula is C13H20O2. The zero-order valence-corrected chi connectivity index (χ0v) is 9.77. The van der Waals surface area contributed by atoms with Crippen molar-refractivity contribution >= 4 is 5.97 Å². The van der Waals surface area contributed by atoms with Crippen molar-refractivity contribution in [2.45, 2.75) is 51.9 Å². The van der Waals surface area contributed by atoms with Crippen molar-refractivity contribution < 1.29 is 9.53 Å². The molecule has 2 aliphatic carbocycles. The number of allylic oxidation sites excluding steroid dienone is 1. The van der Waals surface area contributed by atoms with E-state index in [1.165, 1.54) is 51.2 Å². The maximum absolute atomic E-state index is 11.9. The van der Waals surface area contributed by atoms with Gasteiger partial charge >= 0.3 is 5.97 Å². The maximum atomic E-state index is 11.9. The van der Waals surface area contributed by atoms with Crippen LogP contribution < -0.4 is 0 Å². The van der Waals surface area contributed by atoms with E-state index in [0.29, 0.717) is 0 Å². The van der Waals surface area contributed by atoms with Gasteiger partial charge in [0, 0.05) is 11.0 Å². The van der Waals surface area contributed by atoms with Crippen molar-refractivity contribution in [3.8, 4) is 0 Å². The van der Waals surface area contributed by atoms with Gasteiger partial charge in [0.25, 0.3) is 0 Å². The number of methoxy groups -OCH3 is 1. The van der Waals surface area contributed by atoms with E-state index in [4.69, 9.17) is 4.74 Å². The molecule has 84 valence electrons. The second kappa shape index (κ2) is 3.99. The molecule has 0 N–H and O–H groups in total. The van der Waals surface area contributed by atoms with Crippen LogP contribution in [0.4, 0.5) is 0 Å². The Labute approximate surface area is 91.7 Å². The fourth-order valence-electron chi connectivity index (χ4n) is 3.44. The molecule has 0 aromatic heterocycles. The van der Waals surface area contributed by atoms with E-state index in [1.807, 2.05) is 0 Å². The van der Waals surface area contributed by atoms with Crippen molar-refractivity contribution in [3.05, 3.63) is 11.1 Å². The van der Waals surface area contributed by atoms with Crippen LogP contribution in [0.1, 0.15) is 51.9 Å². The van der Waals surface area contributed by atoms with Crippen molar-refractivity contribution in [3.63, 3.8) is 0 Å². The number of hydrogen-bond acceptors (Lipinski definition) is 2. The number of ether oxygens (including phenoxy) is 1. The molecule has 0 heterocycles. The first-order chi connectivity index (χ1) is 7.19. The van der Waals surface area contributed by atoms with Crippen molar-refractivity contribution in [1.29, 1.82) is 0 Å². The zero-order valence-electron chi connectivity index (χ0n) is 9.77. The lowest BCUT2D eigenvalue weighted by Crippen LogP contribution is -2.29. The highest BCUT2D eigenvalue weighted by Crippen LogP contribution is 2.52. The molecule has 0 unspecified atom stereocenters. The molecule has 0 aromatic rings.